The lowest BCUT2D eigenvalue weighted by Crippen LogP contribution is -2.46. The molecule has 0 aliphatic heterocycles. The number of nitrogens with one attached hydrogen (secondary N) is 2. The van der Waals surface area contributed by atoms with Gasteiger partial charge in [-0.15, -0.1) is 0 Å². The predicted molar refractivity (Wildman–Crippen MR) is 119 cm³/mol. The minimum Gasteiger partial charge on any atom is -0.330 e. The highest BCUT2D eigenvalue weighted by Crippen LogP contribution is 2.19. The summed E-state index contributed by atoms with van der Waals surface area (Å²) in [5, 5.41) is 5.41. The number of benzene rings is 2. The number of carbonyl (C=O) groups excluding carboxylic acids is 2. The zero-order valence-corrected chi connectivity index (χ0v) is 17.7. The van der Waals surface area contributed by atoms with E-state index in [2.05, 4.69) is 22.8 Å². The first-order valence-electron chi connectivity index (χ1n) is 10.5. The summed E-state index contributed by atoms with van der Waals surface area (Å²) >= 11 is 0. The van der Waals surface area contributed by atoms with Crippen molar-refractivity contribution in [1.29, 1.82) is 0 Å². The Morgan fingerprint density at radius 1 is 1.00 bits per heavy atom. The van der Waals surface area contributed by atoms with Gasteiger partial charge < -0.3 is 16.4 Å². The fourth-order valence-corrected chi connectivity index (χ4v) is 3.49. The Labute approximate surface area is 178 Å². The Kier molecular flexibility index (Phi) is 9.48. The first-order chi connectivity index (χ1) is 14.4. The van der Waals surface area contributed by atoms with Crippen LogP contribution in [0.2, 0.25) is 0 Å². The van der Waals surface area contributed by atoms with Crippen LogP contribution in [-0.2, 0) is 11.2 Å². The van der Waals surface area contributed by atoms with E-state index in [1.165, 1.54) is 29.8 Å². The molecule has 5 nitrogen and oxygen atoms in total. The fourth-order valence-electron chi connectivity index (χ4n) is 3.49. The van der Waals surface area contributed by atoms with Crippen LogP contribution in [0, 0.1) is 17.7 Å². The Morgan fingerprint density at radius 3 is 2.27 bits per heavy atom. The monoisotopic (exact) mass is 413 g/mol. The molecule has 4 N–H and O–H groups in total. The fraction of sp³-hybridized carbons (Fsp3) is 0.417. The van der Waals surface area contributed by atoms with Gasteiger partial charge in [0.25, 0.3) is 0 Å². The van der Waals surface area contributed by atoms with E-state index in [-0.39, 0.29) is 17.5 Å². The van der Waals surface area contributed by atoms with Crippen molar-refractivity contribution in [2.45, 2.75) is 45.6 Å². The highest BCUT2D eigenvalue weighted by atomic mass is 19.1. The van der Waals surface area contributed by atoms with Gasteiger partial charge >= 0.3 is 6.03 Å². The molecule has 0 aliphatic carbocycles. The first kappa shape index (κ1) is 23.5. The molecule has 1 unspecified atom stereocenters. The average molecular weight is 414 g/mol. The van der Waals surface area contributed by atoms with E-state index in [4.69, 9.17) is 5.73 Å². The van der Waals surface area contributed by atoms with E-state index in [0.29, 0.717) is 24.6 Å². The van der Waals surface area contributed by atoms with E-state index < -0.39 is 12.1 Å². The summed E-state index contributed by atoms with van der Waals surface area (Å²) in [6, 6.07) is 14.6. The van der Waals surface area contributed by atoms with Gasteiger partial charge in [0.1, 0.15) is 5.82 Å². The lowest BCUT2D eigenvalue weighted by Gasteiger charge is -2.23. The summed E-state index contributed by atoms with van der Waals surface area (Å²) in [5.41, 5.74) is 7.48. The van der Waals surface area contributed by atoms with Crippen LogP contribution in [0.5, 0.6) is 0 Å². The van der Waals surface area contributed by atoms with E-state index in [1.807, 2.05) is 32.0 Å². The van der Waals surface area contributed by atoms with Crippen LogP contribution in [0.3, 0.4) is 0 Å². The van der Waals surface area contributed by atoms with Crippen LogP contribution in [0.1, 0.15) is 38.7 Å². The number of Topliss-reactive ketones (excluding diaryl/α,β-unsaturated/α-hetero) is 1. The second-order valence-electron chi connectivity index (χ2n) is 7.97. The Morgan fingerprint density at radius 2 is 1.67 bits per heavy atom. The number of ketones is 1. The molecule has 0 heterocycles. The number of carbonyl (C=O) groups is 2. The Bertz CT molecular complexity index is 794. The molecule has 30 heavy (non-hydrogen) atoms. The van der Waals surface area contributed by atoms with Gasteiger partial charge in [-0.05, 0) is 67.5 Å². The standard InChI is InChI=1S/C24H32FN3O2/c1-17(2)23(28-24(30)27-21-11-9-20(25)10-12-21)22(29)13-8-19(14-15-26)16-18-6-4-3-5-7-18/h3-7,9-12,17,19,23H,8,13-16,26H2,1-2H3,(H2,27,28,30)/t19?,23-/m0/s1. The van der Waals surface area contributed by atoms with Crippen molar-refractivity contribution in [2.24, 2.45) is 17.6 Å². The van der Waals surface area contributed by atoms with Gasteiger partial charge in [-0.2, -0.15) is 0 Å². The zero-order valence-electron chi connectivity index (χ0n) is 17.7. The third-order valence-corrected chi connectivity index (χ3v) is 5.14. The second-order valence-corrected chi connectivity index (χ2v) is 7.97. The van der Waals surface area contributed by atoms with Crippen LogP contribution in [0.15, 0.2) is 54.6 Å². The van der Waals surface area contributed by atoms with Crippen molar-refractivity contribution >= 4 is 17.5 Å². The summed E-state index contributed by atoms with van der Waals surface area (Å²) in [6.07, 6.45) is 2.86. The number of rotatable bonds is 11. The van der Waals surface area contributed by atoms with Crippen LogP contribution in [-0.4, -0.2) is 24.4 Å². The maximum Gasteiger partial charge on any atom is 0.319 e. The van der Waals surface area contributed by atoms with E-state index in [0.717, 1.165) is 19.3 Å². The van der Waals surface area contributed by atoms with Gasteiger partial charge in [-0.1, -0.05) is 44.2 Å². The van der Waals surface area contributed by atoms with Crippen molar-refractivity contribution in [3.05, 3.63) is 66.0 Å². The molecule has 6 heteroatoms. The van der Waals surface area contributed by atoms with Crippen molar-refractivity contribution in [3.8, 4) is 0 Å². The molecular formula is C24H32FN3O2. The van der Waals surface area contributed by atoms with Gasteiger partial charge in [0, 0.05) is 12.1 Å². The third kappa shape index (κ3) is 7.95. The zero-order chi connectivity index (χ0) is 21.9. The maximum atomic E-state index is 13.0. The van der Waals surface area contributed by atoms with E-state index in [9.17, 15) is 14.0 Å². The number of nitrogens with two attached hydrogens (primary N) is 1. The van der Waals surface area contributed by atoms with Crippen LogP contribution < -0.4 is 16.4 Å². The highest BCUT2D eigenvalue weighted by molar-refractivity contribution is 5.94. The quantitative estimate of drug-likeness (QED) is 0.506. The van der Waals surface area contributed by atoms with E-state index >= 15 is 0 Å². The van der Waals surface area contributed by atoms with Crippen LogP contribution in [0.4, 0.5) is 14.9 Å². The number of anilines is 1. The molecule has 2 amide bonds. The molecule has 0 saturated carbocycles. The van der Waals surface area contributed by atoms with Crippen LogP contribution >= 0.6 is 0 Å². The summed E-state index contributed by atoms with van der Waals surface area (Å²) < 4.78 is 13.0. The van der Waals surface area contributed by atoms with Gasteiger partial charge in [0.2, 0.25) is 0 Å². The number of amides is 2. The smallest absolute Gasteiger partial charge is 0.319 e. The summed E-state index contributed by atoms with van der Waals surface area (Å²) in [5.74, 6) is -0.0891. The number of urea groups is 1. The van der Waals surface area contributed by atoms with Gasteiger partial charge in [-0.25, -0.2) is 9.18 Å². The molecule has 0 saturated heterocycles. The predicted octanol–water partition coefficient (Wildman–Crippen LogP) is 4.53. The number of hydrogen-bond donors (Lipinski definition) is 3. The molecule has 2 atom stereocenters. The molecule has 0 aliphatic rings. The van der Waals surface area contributed by atoms with Gasteiger partial charge in [0.05, 0.1) is 6.04 Å². The summed E-state index contributed by atoms with van der Waals surface area (Å²) in [7, 11) is 0. The molecule has 2 rings (SSSR count). The molecule has 0 spiro atoms. The molecular weight excluding hydrogens is 381 g/mol. The lowest BCUT2D eigenvalue weighted by molar-refractivity contribution is -0.122. The SMILES string of the molecule is CC(C)[C@H](NC(=O)Nc1ccc(F)cc1)C(=O)CCC(CCN)Cc1ccccc1. The highest BCUT2D eigenvalue weighted by Gasteiger charge is 2.24. The van der Waals surface area contributed by atoms with Crippen molar-refractivity contribution in [3.63, 3.8) is 0 Å². The molecule has 162 valence electrons. The van der Waals surface area contributed by atoms with Crippen molar-refractivity contribution in [1.82, 2.24) is 5.32 Å². The average Bonchev–Trinajstić information content (AvgIpc) is 2.72. The molecule has 0 bridgehead atoms. The topological polar surface area (TPSA) is 84.2 Å². The molecule has 2 aromatic carbocycles. The van der Waals surface area contributed by atoms with Crippen LogP contribution in [0.25, 0.3) is 0 Å². The summed E-state index contributed by atoms with van der Waals surface area (Å²) in [4.78, 5) is 25.2. The lowest BCUT2D eigenvalue weighted by atomic mass is 9.88. The normalized spacial score (nSPS) is 13.0. The minimum absolute atomic E-state index is 0.00865. The van der Waals surface area contributed by atoms with Crippen molar-refractivity contribution in [2.75, 3.05) is 11.9 Å². The van der Waals surface area contributed by atoms with Crippen molar-refractivity contribution < 1.29 is 14.0 Å². The Hall–Kier alpha value is -2.73. The largest absolute Gasteiger partial charge is 0.330 e. The van der Waals surface area contributed by atoms with Gasteiger partial charge in [0.15, 0.2) is 5.78 Å². The maximum absolute atomic E-state index is 13.0. The van der Waals surface area contributed by atoms with E-state index in [1.54, 1.807) is 0 Å². The summed E-state index contributed by atoms with van der Waals surface area (Å²) in [6.45, 7) is 4.39. The molecule has 0 fully saturated rings. The van der Waals surface area contributed by atoms with Gasteiger partial charge in [-0.3, -0.25) is 4.79 Å². The molecule has 0 radical (unpaired) electrons. The minimum atomic E-state index is -0.583. The second kappa shape index (κ2) is 12.1. The molecule has 2 aromatic rings. The number of halogens is 1. The molecule has 0 aromatic heterocycles. The first-order valence-corrected chi connectivity index (χ1v) is 10.5. The Balaban J connectivity index is 1.91. The third-order valence-electron chi connectivity index (χ3n) is 5.14. The number of hydrogen-bond acceptors (Lipinski definition) is 3.